The minimum absolute atomic E-state index is 0.279. The van der Waals surface area contributed by atoms with Crippen molar-refractivity contribution in [3.05, 3.63) is 11.8 Å². The predicted molar refractivity (Wildman–Crippen MR) is 52.9 cm³/mol. The summed E-state index contributed by atoms with van der Waals surface area (Å²) in [4.78, 5) is 24.3. The Labute approximate surface area is 88.6 Å². The van der Waals surface area contributed by atoms with Gasteiger partial charge < -0.3 is 14.4 Å². The first-order chi connectivity index (χ1) is 7.19. The third-order valence-electron chi connectivity index (χ3n) is 2.30. The molecule has 0 spiro atoms. The van der Waals surface area contributed by atoms with Gasteiger partial charge in [0.2, 0.25) is 0 Å². The number of hydrogen-bond donors (Lipinski definition) is 0. The van der Waals surface area contributed by atoms with Crippen LogP contribution in [0.1, 0.15) is 12.8 Å². The molecule has 5 nitrogen and oxygen atoms in total. The van der Waals surface area contributed by atoms with Crippen LogP contribution in [-0.4, -0.2) is 44.1 Å². The fourth-order valence-electron chi connectivity index (χ4n) is 1.51. The molecule has 5 heteroatoms. The van der Waals surface area contributed by atoms with Crippen LogP contribution in [0.25, 0.3) is 0 Å². The molecule has 1 aliphatic rings. The minimum Gasteiger partial charge on any atom is -0.466 e. The molecule has 0 aromatic carbocycles. The fraction of sp³-hybridized carbons (Fsp3) is 0.600. The van der Waals surface area contributed by atoms with Crippen LogP contribution in [0.5, 0.6) is 0 Å². The zero-order valence-electron chi connectivity index (χ0n) is 8.99. The summed E-state index contributed by atoms with van der Waals surface area (Å²) in [5.74, 6) is -1.04. The topological polar surface area (TPSA) is 55.8 Å². The largest absolute Gasteiger partial charge is 0.466 e. The van der Waals surface area contributed by atoms with E-state index in [1.54, 1.807) is 0 Å². The number of methoxy groups -OCH3 is 2. The number of nitrogens with zero attached hydrogens (tertiary/aromatic N) is 1. The van der Waals surface area contributed by atoms with Gasteiger partial charge >= 0.3 is 11.9 Å². The third kappa shape index (κ3) is 2.97. The summed E-state index contributed by atoms with van der Waals surface area (Å²) in [6.07, 6.45) is 3.22. The molecule has 15 heavy (non-hydrogen) atoms. The average Bonchev–Trinajstić information content (AvgIpc) is 2.77. The van der Waals surface area contributed by atoms with E-state index in [1.807, 2.05) is 4.90 Å². The molecular formula is C10H15NO4. The number of ether oxygens (including phenoxy) is 2. The Bertz CT molecular complexity index is 279. The number of esters is 2. The third-order valence-corrected chi connectivity index (χ3v) is 2.30. The van der Waals surface area contributed by atoms with Crippen LogP contribution in [0.4, 0.5) is 0 Å². The fourth-order valence-corrected chi connectivity index (χ4v) is 1.51. The summed E-state index contributed by atoms with van der Waals surface area (Å²) in [5, 5.41) is 0. The number of carbonyl (C=O) groups excluding carboxylic acids is 2. The summed E-state index contributed by atoms with van der Waals surface area (Å²) < 4.78 is 9.10. The van der Waals surface area contributed by atoms with Crippen LogP contribution in [0.15, 0.2) is 11.8 Å². The molecule has 0 bridgehead atoms. The molecule has 0 aliphatic carbocycles. The summed E-state index contributed by atoms with van der Waals surface area (Å²) in [7, 11) is 2.57. The van der Waals surface area contributed by atoms with E-state index in [0.717, 1.165) is 25.9 Å². The molecule has 1 saturated heterocycles. The molecule has 0 amide bonds. The maximum absolute atomic E-state index is 11.4. The van der Waals surface area contributed by atoms with E-state index in [0.29, 0.717) is 0 Å². The Hall–Kier alpha value is -1.52. The van der Waals surface area contributed by atoms with Crippen molar-refractivity contribution in [2.75, 3.05) is 27.3 Å². The molecule has 0 N–H and O–H groups in total. The van der Waals surface area contributed by atoms with E-state index in [9.17, 15) is 9.59 Å². The van der Waals surface area contributed by atoms with Crippen molar-refractivity contribution < 1.29 is 19.1 Å². The highest BCUT2D eigenvalue weighted by atomic mass is 16.5. The van der Waals surface area contributed by atoms with Crippen LogP contribution >= 0.6 is 0 Å². The van der Waals surface area contributed by atoms with Crippen LogP contribution in [0.2, 0.25) is 0 Å². The highest BCUT2D eigenvalue weighted by Crippen LogP contribution is 2.15. The Kier molecular flexibility index (Phi) is 4.15. The molecule has 0 aromatic heterocycles. The smallest absolute Gasteiger partial charge is 0.354 e. The van der Waals surface area contributed by atoms with E-state index in [2.05, 4.69) is 9.47 Å². The molecule has 0 radical (unpaired) electrons. The van der Waals surface area contributed by atoms with Gasteiger partial charge in [-0.15, -0.1) is 0 Å². The maximum atomic E-state index is 11.4. The Morgan fingerprint density at radius 1 is 1.13 bits per heavy atom. The molecule has 1 rings (SSSR count). The SMILES string of the molecule is COC(=O)/C=C(/C(=O)OC)N1CCCC1. The molecule has 0 unspecified atom stereocenters. The maximum Gasteiger partial charge on any atom is 0.354 e. The molecule has 0 atom stereocenters. The quantitative estimate of drug-likeness (QED) is 0.499. The van der Waals surface area contributed by atoms with Gasteiger partial charge in [0.25, 0.3) is 0 Å². The van der Waals surface area contributed by atoms with Crippen LogP contribution in [-0.2, 0) is 19.1 Å². The van der Waals surface area contributed by atoms with Crippen LogP contribution in [0, 0.1) is 0 Å². The number of hydrogen-bond acceptors (Lipinski definition) is 5. The Morgan fingerprint density at radius 2 is 1.73 bits per heavy atom. The number of likely N-dealkylation sites (tertiary alicyclic amines) is 1. The van der Waals surface area contributed by atoms with Gasteiger partial charge in [-0.2, -0.15) is 0 Å². The van der Waals surface area contributed by atoms with E-state index in [-0.39, 0.29) is 5.70 Å². The van der Waals surface area contributed by atoms with Crippen molar-refractivity contribution in [1.82, 2.24) is 4.90 Å². The first kappa shape index (κ1) is 11.6. The van der Waals surface area contributed by atoms with E-state index >= 15 is 0 Å². The Balaban J connectivity index is 2.81. The summed E-state index contributed by atoms with van der Waals surface area (Å²) in [6, 6.07) is 0. The van der Waals surface area contributed by atoms with Gasteiger partial charge in [-0.25, -0.2) is 9.59 Å². The molecule has 1 aliphatic heterocycles. The summed E-state index contributed by atoms with van der Waals surface area (Å²) in [6.45, 7) is 1.55. The van der Waals surface area contributed by atoms with Crippen molar-refractivity contribution in [3.63, 3.8) is 0 Å². The van der Waals surface area contributed by atoms with Gasteiger partial charge in [-0.1, -0.05) is 0 Å². The molecule has 0 aromatic rings. The van der Waals surface area contributed by atoms with Crippen molar-refractivity contribution in [1.29, 1.82) is 0 Å². The molecule has 1 fully saturated rings. The van der Waals surface area contributed by atoms with E-state index in [4.69, 9.17) is 0 Å². The normalized spacial score (nSPS) is 16.4. The standard InChI is InChI=1S/C10H15NO4/c1-14-9(12)7-8(10(13)15-2)11-5-3-4-6-11/h7H,3-6H2,1-2H3/b8-7-. The second-order valence-electron chi connectivity index (χ2n) is 3.24. The van der Waals surface area contributed by atoms with Gasteiger partial charge in [-0.05, 0) is 12.8 Å². The lowest BCUT2D eigenvalue weighted by Gasteiger charge is -2.18. The molecular weight excluding hydrogens is 198 g/mol. The highest BCUT2D eigenvalue weighted by Gasteiger charge is 2.22. The minimum atomic E-state index is -0.540. The van der Waals surface area contributed by atoms with Gasteiger partial charge in [0, 0.05) is 13.1 Å². The lowest BCUT2D eigenvalue weighted by Crippen LogP contribution is -2.26. The first-order valence-corrected chi connectivity index (χ1v) is 4.82. The predicted octanol–water partition coefficient (Wildman–Crippen LogP) is 0.312. The van der Waals surface area contributed by atoms with E-state index < -0.39 is 11.9 Å². The Morgan fingerprint density at radius 3 is 2.20 bits per heavy atom. The van der Waals surface area contributed by atoms with Gasteiger partial charge in [0.1, 0.15) is 5.70 Å². The van der Waals surface area contributed by atoms with Crippen molar-refractivity contribution in [2.24, 2.45) is 0 Å². The molecule has 0 saturated carbocycles. The lowest BCUT2D eigenvalue weighted by molar-refractivity contribution is -0.139. The van der Waals surface area contributed by atoms with Gasteiger partial charge in [0.05, 0.1) is 20.3 Å². The zero-order chi connectivity index (χ0) is 11.3. The number of carbonyl (C=O) groups is 2. The second-order valence-corrected chi connectivity index (χ2v) is 3.24. The van der Waals surface area contributed by atoms with Crippen molar-refractivity contribution in [2.45, 2.75) is 12.8 Å². The summed E-state index contributed by atoms with van der Waals surface area (Å²) >= 11 is 0. The van der Waals surface area contributed by atoms with Crippen LogP contribution < -0.4 is 0 Å². The first-order valence-electron chi connectivity index (χ1n) is 4.82. The highest BCUT2D eigenvalue weighted by molar-refractivity contribution is 5.95. The zero-order valence-corrected chi connectivity index (χ0v) is 8.99. The second kappa shape index (κ2) is 5.38. The van der Waals surface area contributed by atoms with Crippen molar-refractivity contribution in [3.8, 4) is 0 Å². The lowest BCUT2D eigenvalue weighted by atomic mass is 10.3. The summed E-state index contributed by atoms with van der Waals surface area (Å²) in [5.41, 5.74) is 0.279. The van der Waals surface area contributed by atoms with E-state index in [1.165, 1.54) is 20.3 Å². The van der Waals surface area contributed by atoms with Gasteiger partial charge in [0.15, 0.2) is 0 Å². The van der Waals surface area contributed by atoms with Gasteiger partial charge in [-0.3, -0.25) is 0 Å². The number of rotatable bonds is 3. The van der Waals surface area contributed by atoms with Crippen LogP contribution in [0.3, 0.4) is 0 Å². The molecule has 84 valence electrons. The monoisotopic (exact) mass is 213 g/mol. The van der Waals surface area contributed by atoms with Crippen molar-refractivity contribution >= 4 is 11.9 Å². The molecule has 1 heterocycles. The average molecular weight is 213 g/mol.